The summed E-state index contributed by atoms with van der Waals surface area (Å²) in [5.41, 5.74) is 1.04. The van der Waals surface area contributed by atoms with Crippen molar-refractivity contribution in [2.45, 2.75) is 43.3 Å². The second-order valence-electron chi connectivity index (χ2n) is 7.04. The van der Waals surface area contributed by atoms with E-state index in [1.54, 1.807) is 31.3 Å². The van der Waals surface area contributed by atoms with Crippen molar-refractivity contribution in [3.8, 4) is 0 Å². The van der Waals surface area contributed by atoms with E-state index < -0.39 is 16.1 Å². The molecule has 1 aliphatic rings. The SMILES string of the molecule is C[C@H](NS(=O)(=O)c1ccccc1)C(=O)NC1CCN(Cc2ccccn2)CC1. The standard InChI is InChI=1S/C20H26N4O3S/c1-16(23-28(26,27)19-8-3-2-4-9-19)20(25)22-17-10-13-24(14-11-17)15-18-7-5-6-12-21-18/h2-9,12,16-17,23H,10-11,13-15H2,1H3,(H,22,25)/t16-/m0/s1. The van der Waals surface area contributed by atoms with E-state index in [0.717, 1.165) is 38.2 Å². The third-order valence-electron chi connectivity index (χ3n) is 4.82. The molecule has 0 saturated carbocycles. The van der Waals surface area contributed by atoms with E-state index >= 15 is 0 Å². The van der Waals surface area contributed by atoms with Crippen LogP contribution in [-0.4, -0.2) is 49.4 Å². The van der Waals surface area contributed by atoms with Crippen LogP contribution in [0.5, 0.6) is 0 Å². The highest BCUT2D eigenvalue weighted by Crippen LogP contribution is 2.13. The van der Waals surface area contributed by atoms with Crippen molar-refractivity contribution in [2.24, 2.45) is 0 Å². The molecule has 1 aliphatic heterocycles. The average molecular weight is 403 g/mol. The second-order valence-corrected chi connectivity index (χ2v) is 8.75. The van der Waals surface area contributed by atoms with Gasteiger partial charge in [0.05, 0.1) is 16.6 Å². The van der Waals surface area contributed by atoms with Gasteiger partial charge in [-0.3, -0.25) is 14.7 Å². The maximum atomic E-state index is 12.4. The minimum atomic E-state index is -3.71. The first-order chi connectivity index (χ1) is 13.4. The van der Waals surface area contributed by atoms with Crippen molar-refractivity contribution >= 4 is 15.9 Å². The van der Waals surface area contributed by atoms with Crippen LogP contribution < -0.4 is 10.0 Å². The molecule has 150 valence electrons. The highest BCUT2D eigenvalue weighted by atomic mass is 32.2. The zero-order valence-corrected chi connectivity index (χ0v) is 16.7. The highest BCUT2D eigenvalue weighted by molar-refractivity contribution is 7.89. The summed E-state index contributed by atoms with van der Waals surface area (Å²) >= 11 is 0. The van der Waals surface area contributed by atoms with Crippen molar-refractivity contribution in [2.75, 3.05) is 13.1 Å². The van der Waals surface area contributed by atoms with Crippen LogP contribution >= 0.6 is 0 Å². The zero-order valence-electron chi connectivity index (χ0n) is 15.9. The molecule has 0 unspecified atom stereocenters. The second kappa shape index (κ2) is 9.27. The average Bonchev–Trinajstić information content (AvgIpc) is 2.70. The molecule has 0 spiro atoms. The molecule has 1 fully saturated rings. The third kappa shape index (κ3) is 5.60. The number of nitrogens with zero attached hydrogens (tertiary/aromatic N) is 2. The van der Waals surface area contributed by atoms with E-state index in [9.17, 15) is 13.2 Å². The summed E-state index contributed by atoms with van der Waals surface area (Å²) in [6, 6.07) is 13.2. The molecule has 28 heavy (non-hydrogen) atoms. The molecule has 2 aromatic rings. The van der Waals surface area contributed by atoms with Gasteiger partial charge in [-0.15, -0.1) is 0 Å². The van der Waals surface area contributed by atoms with E-state index in [-0.39, 0.29) is 16.8 Å². The van der Waals surface area contributed by atoms with Gasteiger partial charge in [-0.05, 0) is 44.0 Å². The predicted molar refractivity (Wildman–Crippen MR) is 107 cm³/mol. The molecule has 0 bridgehead atoms. The van der Waals surface area contributed by atoms with Crippen molar-refractivity contribution < 1.29 is 13.2 Å². The van der Waals surface area contributed by atoms with Crippen LogP contribution in [0.1, 0.15) is 25.5 Å². The van der Waals surface area contributed by atoms with Gasteiger partial charge in [0.15, 0.2) is 0 Å². The molecule has 1 amide bonds. The molecule has 0 aliphatic carbocycles. The van der Waals surface area contributed by atoms with Crippen molar-refractivity contribution in [3.63, 3.8) is 0 Å². The normalized spacial score (nSPS) is 17.2. The molecule has 8 heteroatoms. The Morgan fingerprint density at radius 3 is 2.46 bits per heavy atom. The van der Waals surface area contributed by atoms with Crippen LogP contribution in [-0.2, 0) is 21.4 Å². The number of aromatic nitrogens is 1. The van der Waals surface area contributed by atoms with Crippen LogP contribution in [0.4, 0.5) is 0 Å². The Hall–Kier alpha value is -2.29. The molecule has 1 aromatic heterocycles. The molecule has 2 heterocycles. The first kappa shape index (κ1) is 20.4. The Kier molecular flexibility index (Phi) is 6.77. The Balaban J connectivity index is 1.46. The number of hydrogen-bond acceptors (Lipinski definition) is 5. The number of benzene rings is 1. The summed E-state index contributed by atoms with van der Waals surface area (Å²) in [4.78, 5) is 19.2. The smallest absolute Gasteiger partial charge is 0.241 e. The van der Waals surface area contributed by atoms with E-state index in [1.165, 1.54) is 12.1 Å². The molecule has 1 atom stereocenters. The van der Waals surface area contributed by atoms with Gasteiger partial charge in [0, 0.05) is 31.9 Å². The number of hydrogen-bond donors (Lipinski definition) is 2. The molecule has 3 rings (SSSR count). The van der Waals surface area contributed by atoms with Gasteiger partial charge in [-0.1, -0.05) is 24.3 Å². The topological polar surface area (TPSA) is 91.4 Å². The van der Waals surface area contributed by atoms with E-state index in [0.29, 0.717) is 0 Å². The molecule has 7 nitrogen and oxygen atoms in total. The predicted octanol–water partition coefficient (Wildman–Crippen LogP) is 1.53. The fourth-order valence-electron chi connectivity index (χ4n) is 3.24. The lowest BCUT2D eigenvalue weighted by Gasteiger charge is -2.32. The fourth-order valence-corrected chi connectivity index (χ4v) is 4.46. The number of rotatable bonds is 7. The fraction of sp³-hybridized carbons (Fsp3) is 0.400. The molecule has 2 N–H and O–H groups in total. The summed E-state index contributed by atoms with van der Waals surface area (Å²) in [5, 5.41) is 2.97. The molecular weight excluding hydrogens is 376 g/mol. The van der Waals surface area contributed by atoms with Crippen molar-refractivity contribution in [3.05, 3.63) is 60.4 Å². The van der Waals surface area contributed by atoms with E-state index in [1.807, 2.05) is 18.2 Å². The lowest BCUT2D eigenvalue weighted by Crippen LogP contribution is -2.50. The van der Waals surface area contributed by atoms with Gasteiger partial charge in [0.2, 0.25) is 15.9 Å². The van der Waals surface area contributed by atoms with Gasteiger partial charge in [-0.25, -0.2) is 8.42 Å². The van der Waals surface area contributed by atoms with Crippen molar-refractivity contribution in [1.82, 2.24) is 19.9 Å². The van der Waals surface area contributed by atoms with Gasteiger partial charge in [-0.2, -0.15) is 4.72 Å². The number of nitrogens with one attached hydrogen (secondary N) is 2. The number of carbonyl (C=O) groups excluding carboxylic acids is 1. The summed E-state index contributed by atoms with van der Waals surface area (Å²) in [7, 11) is -3.71. The Bertz CT molecular complexity index is 867. The zero-order chi connectivity index (χ0) is 20.0. The highest BCUT2D eigenvalue weighted by Gasteiger charge is 2.26. The Morgan fingerprint density at radius 2 is 1.82 bits per heavy atom. The van der Waals surface area contributed by atoms with Crippen LogP contribution in [0, 0.1) is 0 Å². The first-order valence-electron chi connectivity index (χ1n) is 9.44. The number of carbonyl (C=O) groups is 1. The maximum Gasteiger partial charge on any atom is 0.241 e. The summed E-state index contributed by atoms with van der Waals surface area (Å²) in [6.45, 7) is 4.10. The number of likely N-dealkylation sites (tertiary alicyclic amines) is 1. The number of sulfonamides is 1. The van der Waals surface area contributed by atoms with Crippen LogP contribution in [0.2, 0.25) is 0 Å². The lowest BCUT2D eigenvalue weighted by molar-refractivity contribution is -0.123. The number of pyridine rings is 1. The summed E-state index contributed by atoms with van der Waals surface area (Å²) < 4.78 is 27.1. The van der Waals surface area contributed by atoms with Gasteiger partial charge >= 0.3 is 0 Å². The molecule has 1 saturated heterocycles. The van der Waals surface area contributed by atoms with Crippen LogP contribution in [0.3, 0.4) is 0 Å². The van der Waals surface area contributed by atoms with Gasteiger partial charge < -0.3 is 5.32 Å². The Morgan fingerprint density at radius 1 is 1.14 bits per heavy atom. The van der Waals surface area contributed by atoms with Crippen LogP contribution in [0.25, 0.3) is 0 Å². The first-order valence-corrected chi connectivity index (χ1v) is 10.9. The summed E-state index contributed by atoms with van der Waals surface area (Å²) in [6.07, 6.45) is 3.45. The largest absolute Gasteiger partial charge is 0.352 e. The summed E-state index contributed by atoms with van der Waals surface area (Å²) in [5.74, 6) is -0.303. The Labute approximate surface area is 166 Å². The monoisotopic (exact) mass is 402 g/mol. The number of piperidine rings is 1. The lowest BCUT2D eigenvalue weighted by atomic mass is 10.0. The number of amides is 1. The van der Waals surface area contributed by atoms with Gasteiger partial charge in [0.25, 0.3) is 0 Å². The van der Waals surface area contributed by atoms with E-state index in [4.69, 9.17) is 0 Å². The minimum absolute atomic E-state index is 0.0520. The van der Waals surface area contributed by atoms with Crippen LogP contribution in [0.15, 0.2) is 59.6 Å². The maximum absolute atomic E-state index is 12.4. The minimum Gasteiger partial charge on any atom is -0.352 e. The molecule has 0 radical (unpaired) electrons. The quantitative estimate of drug-likeness (QED) is 0.733. The third-order valence-corrected chi connectivity index (χ3v) is 6.38. The molecule has 1 aromatic carbocycles. The van der Waals surface area contributed by atoms with Crippen molar-refractivity contribution in [1.29, 1.82) is 0 Å². The molecular formula is C20H26N4O3S. The van der Waals surface area contributed by atoms with E-state index in [2.05, 4.69) is 19.9 Å². The van der Waals surface area contributed by atoms with Gasteiger partial charge in [0.1, 0.15) is 0 Å².